The van der Waals surface area contributed by atoms with Crippen LogP contribution in [0.1, 0.15) is 187 Å². The van der Waals surface area contributed by atoms with Crippen LogP contribution < -0.4 is 0 Å². The molecule has 0 aliphatic heterocycles. The van der Waals surface area contributed by atoms with Gasteiger partial charge in [-0.1, -0.05) is 180 Å². The zero-order valence-corrected chi connectivity index (χ0v) is 33.9. The van der Waals surface area contributed by atoms with E-state index in [4.69, 9.17) is 19.1 Å². The van der Waals surface area contributed by atoms with Gasteiger partial charge >= 0.3 is 19.8 Å². The second-order valence-corrected chi connectivity index (χ2v) is 15.5. The first-order valence-corrected chi connectivity index (χ1v) is 22.3. The Bertz CT molecular complexity index is 925. The van der Waals surface area contributed by atoms with Crippen molar-refractivity contribution in [2.45, 2.75) is 199 Å². The highest BCUT2D eigenvalue weighted by Gasteiger charge is 2.27. The highest BCUT2D eigenvalue weighted by molar-refractivity contribution is 7.47. The van der Waals surface area contributed by atoms with Crippen LogP contribution >= 0.6 is 7.82 Å². The third kappa shape index (κ3) is 36.8. The fourth-order valence-electron chi connectivity index (χ4n) is 5.73. The maximum absolute atomic E-state index is 12.6. The van der Waals surface area contributed by atoms with E-state index >= 15 is 0 Å². The summed E-state index contributed by atoms with van der Waals surface area (Å²) < 4.78 is 32.5. The molecule has 0 saturated carbocycles. The van der Waals surface area contributed by atoms with E-state index in [1.165, 1.54) is 134 Å². The first kappa shape index (κ1) is 50.5. The van der Waals surface area contributed by atoms with Crippen LogP contribution in [0.15, 0.2) is 24.3 Å². The Morgan fingerprint density at radius 3 is 1.54 bits per heavy atom. The van der Waals surface area contributed by atoms with Crippen molar-refractivity contribution in [1.29, 1.82) is 0 Å². The molecule has 0 aliphatic rings. The van der Waals surface area contributed by atoms with Crippen molar-refractivity contribution in [3.63, 3.8) is 0 Å². The quantitative estimate of drug-likeness (QED) is 0.0182. The van der Waals surface area contributed by atoms with E-state index in [9.17, 15) is 24.2 Å². The standard InChI is InChI=1S/C41H77O10P/c1-3-5-7-9-11-13-15-17-19-21-22-24-26-28-30-32-40(44)48-36-39(37-50-52(46,47)49-35-38(43)34-42)51-41(45)33-31-29-27-25-23-20-18-16-14-12-10-8-6-4-2/h26,28,30,32,38-39,42-43H,3-25,27,29,31,33-37H2,1-2H3,(H,46,47)/b28-26+,32-30+/t38-,39+/m0/s1. The molecule has 3 N–H and O–H groups in total. The minimum absolute atomic E-state index is 0.169. The number of hydrogen-bond donors (Lipinski definition) is 3. The Balaban J connectivity index is 4.40. The van der Waals surface area contributed by atoms with Gasteiger partial charge in [0.2, 0.25) is 0 Å². The smallest absolute Gasteiger partial charge is 0.458 e. The Morgan fingerprint density at radius 1 is 0.615 bits per heavy atom. The number of hydrogen-bond acceptors (Lipinski definition) is 9. The zero-order chi connectivity index (χ0) is 38.4. The summed E-state index contributed by atoms with van der Waals surface area (Å²) in [6.45, 7) is 2.26. The minimum atomic E-state index is -4.63. The third-order valence-electron chi connectivity index (χ3n) is 8.96. The zero-order valence-electron chi connectivity index (χ0n) is 33.0. The van der Waals surface area contributed by atoms with Gasteiger partial charge in [-0.05, 0) is 19.3 Å². The summed E-state index contributed by atoms with van der Waals surface area (Å²) in [6, 6.07) is 0. The van der Waals surface area contributed by atoms with Crippen LogP contribution in [-0.2, 0) is 32.7 Å². The Labute approximate surface area is 317 Å². The van der Waals surface area contributed by atoms with Crippen LogP contribution in [0.25, 0.3) is 0 Å². The molecule has 0 aromatic rings. The van der Waals surface area contributed by atoms with Crippen LogP contribution in [0, 0.1) is 0 Å². The van der Waals surface area contributed by atoms with E-state index in [1.54, 1.807) is 12.2 Å². The number of phosphoric acid groups is 1. The fourth-order valence-corrected chi connectivity index (χ4v) is 6.52. The van der Waals surface area contributed by atoms with E-state index in [0.29, 0.717) is 6.42 Å². The van der Waals surface area contributed by atoms with Crippen molar-refractivity contribution < 1.29 is 47.8 Å². The van der Waals surface area contributed by atoms with E-state index in [-0.39, 0.29) is 13.0 Å². The lowest BCUT2D eigenvalue weighted by molar-refractivity contribution is -0.159. The molecular weight excluding hydrogens is 683 g/mol. The van der Waals surface area contributed by atoms with Crippen molar-refractivity contribution in [1.82, 2.24) is 0 Å². The number of carbonyl (C=O) groups excluding carboxylic acids is 2. The fraction of sp³-hybridized carbons (Fsp3) is 0.854. The van der Waals surface area contributed by atoms with Gasteiger partial charge in [-0.2, -0.15) is 0 Å². The topological polar surface area (TPSA) is 149 Å². The monoisotopic (exact) mass is 761 g/mol. The second kappa shape index (κ2) is 37.8. The molecule has 0 aromatic heterocycles. The summed E-state index contributed by atoms with van der Waals surface area (Å²) in [5.74, 6) is -1.17. The molecule has 0 amide bonds. The summed E-state index contributed by atoms with van der Waals surface area (Å²) in [6.07, 6.45) is 36.3. The van der Waals surface area contributed by atoms with Crippen molar-refractivity contribution in [3.8, 4) is 0 Å². The molecule has 11 heteroatoms. The lowest BCUT2D eigenvalue weighted by Crippen LogP contribution is -2.29. The highest BCUT2D eigenvalue weighted by atomic mass is 31.2. The van der Waals surface area contributed by atoms with Gasteiger partial charge in [-0.25, -0.2) is 9.36 Å². The van der Waals surface area contributed by atoms with Crippen LogP contribution in [0.5, 0.6) is 0 Å². The molecule has 0 saturated heterocycles. The number of aliphatic hydroxyl groups excluding tert-OH is 2. The molecule has 10 nitrogen and oxygen atoms in total. The molecule has 306 valence electrons. The van der Waals surface area contributed by atoms with Gasteiger partial charge in [-0.15, -0.1) is 0 Å². The number of carbonyl (C=O) groups is 2. The number of phosphoric ester groups is 1. The predicted octanol–water partition coefficient (Wildman–Crippen LogP) is 10.6. The number of aliphatic hydroxyl groups is 2. The maximum atomic E-state index is 12.6. The summed E-state index contributed by atoms with van der Waals surface area (Å²) in [5, 5.41) is 18.3. The van der Waals surface area contributed by atoms with Crippen LogP contribution in [0.3, 0.4) is 0 Å². The lowest BCUT2D eigenvalue weighted by Gasteiger charge is -2.20. The number of allylic oxidation sites excluding steroid dienone is 3. The van der Waals surface area contributed by atoms with E-state index in [2.05, 4.69) is 18.4 Å². The minimum Gasteiger partial charge on any atom is -0.458 e. The third-order valence-corrected chi connectivity index (χ3v) is 9.91. The van der Waals surface area contributed by atoms with Gasteiger partial charge in [-0.3, -0.25) is 13.8 Å². The molecule has 0 aromatic carbocycles. The van der Waals surface area contributed by atoms with Crippen LogP contribution in [0.4, 0.5) is 0 Å². The van der Waals surface area contributed by atoms with Gasteiger partial charge in [0.05, 0.1) is 19.8 Å². The molecule has 0 bridgehead atoms. The molecule has 3 atom stereocenters. The van der Waals surface area contributed by atoms with Crippen molar-refractivity contribution in [3.05, 3.63) is 24.3 Å². The van der Waals surface area contributed by atoms with Gasteiger partial charge in [0, 0.05) is 12.5 Å². The summed E-state index contributed by atoms with van der Waals surface area (Å²) >= 11 is 0. The summed E-state index contributed by atoms with van der Waals surface area (Å²) in [4.78, 5) is 34.8. The first-order valence-electron chi connectivity index (χ1n) is 20.8. The SMILES string of the molecule is CCCCCCCCCCCCC/C=C/C=C/C(=O)OC[C@H](COP(=O)(O)OC[C@@H](O)CO)OC(=O)CCCCCCCCCCCCCCCC. The lowest BCUT2D eigenvalue weighted by atomic mass is 10.0. The maximum Gasteiger partial charge on any atom is 0.472 e. The molecule has 0 spiro atoms. The van der Waals surface area contributed by atoms with E-state index in [0.717, 1.165) is 32.1 Å². The van der Waals surface area contributed by atoms with Crippen LogP contribution in [-0.4, -0.2) is 65.7 Å². The first-order chi connectivity index (χ1) is 25.2. The normalized spacial score (nSPS) is 14.2. The van der Waals surface area contributed by atoms with Gasteiger partial charge in [0.25, 0.3) is 0 Å². The number of esters is 2. The average molecular weight is 761 g/mol. The molecule has 0 aliphatic carbocycles. The van der Waals surface area contributed by atoms with Crippen molar-refractivity contribution in [2.24, 2.45) is 0 Å². The Morgan fingerprint density at radius 2 is 1.06 bits per heavy atom. The Hall–Kier alpha value is -1.55. The number of rotatable bonds is 39. The molecule has 0 radical (unpaired) electrons. The highest BCUT2D eigenvalue weighted by Crippen LogP contribution is 2.43. The molecule has 52 heavy (non-hydrogen) atoms. The predicted molar refractivity (Wildman–Crippen MR) is 210 cm³/mol. The van der Waals surface area contributed by atoms with Gasteiger partial charge < -0.3 is 24.6 Å². The molecule has 1 unspecified atom stereocenters. The van der Waals surface area contributed by atoms with Crippen molar-refractivity contribution in [2.75, 3.05) is 26.4 Å². The molecule has 0 heterocycles. The molecular formula is C41H77O10P. The second-order valence-electron chi connectivity index (χ2n) is 14.1. The average Bonchev–Trinajstić information content (AvgIpc) is 3.13. The number of ether oxygens (including phenoxy) is 2. The van der Waals surface area contributed by atoms with Gasteiger partial charge in [0.1, 0.15) is 12.7 Å². The van der Waals surface area contributed by atoms with Crippen LogP contribution in [0.2, 0.25) is 0 Å². The van der Waals surface area contributed by atoms with E-state index < -0.39 is 51.8 Å². The summed E-state index contributed by atoms with van der Waals surface area (Å²) in [7, 11) is -4.63. The molecule has 0 fully saturated rings. The van der Waals surface area contributed by atoms with Crippen molar-refractivity contribution >= 4 is 19.8 Å². The Kier molecular flexibility index (Phi) is 36.6. The molecule has 0 rings (SSSR count). The van der Waals surface area contributed by atoms with E-state index in [1.807, 2.05) is 6.08 Å². The largest absolute Gasteiger partial charge is 0.472 e. The number of unbranched alkanes of at least 4 members (excludes halogenated alkanes) is 24. The van der Waals surface area contributed by atoms with Gasteiger partial charge in [0.15, 0.2) is 6.10 Å². The summed E-state index contributed by atoms with van der Waals surface area (Å²) in [5.41, 5.74) is 0.